The molecule has 0 bridgehead atoms. The first-order chi connectivity index (χ1) is 11.3. The molecule has 3 rings (SSSR count). The smallest absolute Gasteiger partial charge is 0.150 e. The van der Waals surface area contributed by atoms with Crippen molar-refractivity contribution in [2.45, 2.75) is 6.61 Å². The lowest BCUT2D eigenvalue weighted by Crippen LogP contribution is -1.96. The van der Waals surface area contributed by atoms with Crippen molar-refractivity contribution in [1.29, 1.82) is 0 Å². The van der Waals surface area contributed by atoms with Crippen LogP contribution in [0, 0.1) is 0 Å². The third-order valence-corrected chi connectivity index (χ3v) is 3.30. The first kappa shape index (κ1) is 14.9. The number of carbonyl (C=O) groups excluding carboxylic acids is 1. The highest BCUT2D eigenvalue weighted by Gasteiger charge is 2.01. The molecule has 0 fully saturated rings. The topological polar surface area (TPSA) is 35.5 Å². The molecule has 0 saturated heterocycles. The molecular formula is C20H16O3. The Hall–Kier alpha value is -3.07. The minimum absolute atomic E-state index is 0.437. The molecule has 0 radical (unpaired) electrons. The summed E-state index contributed by atoms with van der Waals surface area (Å²) in [5, 5.41) is 0. The summed E-state index contributed by atoms with van der Waals surface area (Å²) in [4.78, 5) is 10.6. The molecule has 0 heterocycles. The van der Waals surface area contributed by atoms with E-state index in [-0.39, 0.29) is 0 Å². The zero-order valence-electron chi connectivity index (χ0n) is 12.5. The molecule has 0 spiro atoms. The molecule has 3 aromatic rings. The Balaban J connectivity index is 1.64. The fourth-order valence-electron chi connectivity index (χ4n) is 2.13. The predicted octanol–water partition coefficient (Wildman–Crippen LogP) is 4.87. The first-order valence-electron chi connectivity index (χ1n) is 7.33. The molecule has 23 heavy (non-hydrogen) atoms. The number of benzene rings is 3. The molecule has 3 heteroatoms. The van der Waals surface area contributed by atoms with E-state index in [4.69, 9.17) is 9.47 Å². The Bertz CT molecular complexity index is 764. The third-order valence-electron chi connectivity index (χ3n) is 3.30. The van der Waals surface area contributed by atoms with Crippen molar-refractivity contribution in [3.8, 4) is 17.2 Å². The standard InChI is InChI=1S/C20H16O3/c21-14-16-9-11-18(12-10-16)22-15-17-5-4-8-20(13-17)23-19-6-2-1-3-7-19/h1-14H,15H2. The molecule has 0 aliphatic heterocycles. The van der Waals surface area contributed by atoms with Crippen LogP contribution in [0.1, 0.15) is 15.9 Å². The third kappa shape index (κ3) is 4.20. The molecular weight excluding hydrogens is 288 g/mol. The van der Waals surface area contributed by atoms with Crippen LogP contribution in [0.4, 0.5) is 0 Å². The van der Waals surface area contributed by atoms with Gasteiger partial charge in [0.2, 0.25) is 0 Å². The van der Waals surface area contributed by atoms with Gasteiger partial charge in [-0.15, -0.1) is 0 Å². The van der Waals surface area contributed by atoms with E-state index in [1.165, 1.54) is 0 Å². The molecule has 0 aromatic heterocycles. The van der Waals surface area contributed by atoms with Gasteiger partial charge in [-0.1, -0.05) is 30.3 Å². The second-order valence-corrected chi connectivity index (χ2v) is 5.04. The average molecular weight is 304 g/mol. The van der Waals surface area contributed by atoms with Gasteiger partial charge in [0.05, 0.1) is 0 Å². The van der Waals surface area contributed by atoms with Crippen LogP contribution in [-0.4, -0.2) is 6.29 Å². The van der Waals surface area contributed by atoms with Crippen molar-refractivity contribution in [2.75, 3.05) is 0 Å². The van der Waals surface area contributed by atoms with Crippen LogP contribution in [-0.2, 0) is 6.61 Å². The van der Waals surface area contributed by atoms with E-state index in [2.05, 4.69) is 0 Å². The highest BCUT2D eigenvalue weighted by molar-refractivity contribution is 5.74. The molecule has 0 N–H and O–H groups in total. The van der Waals surface area contributed by atoms with Gasteiger partial charge in [0.25, 0.3) is 0 Å². The van der Waals surface area contributed by atoms with Gasteiger partial charge in [-0.2, -0.15) is 0 Å². The average Bonchev–Trinajstić information content (AvgIpc) is 2.62. The molecule has 0 saturated carbocycles. The molecule has 0 aliphatic carbocycles. The summed E-state index contributed by atoms with van der Waals surface area (Å²) in [7, 11) is 0. The maximum absolute atomic E-state index is 10.6. The van der Waals surface area contributed by atoms with Crippen LogP contribution in [0.15, 0.2) is 78.9 Å². The molecule has 3 nitrogen and oxygen atoms in total. The van der Waals surface area contributed by atoms with Crippen LogP contribution in [0.25, 0.3) is 0 Å². The highest BCUT2D eigenvalue weighted by Crippen LogP contribution is 2.22. The van der Waals surface area contributed by atoms with Crippen molar-refractivity contribution in [2.24, 2.45) is 0 Å². The van der Waals surface area contributed by atoms with Gasteiger partial charge < -0.3 is 9.47 Å². The van der Waals surface area contributed by atoms with Gasteiger partial charge in [-0.05, 0) is 54.1 Å². The van der Waals surface area contributed by atoms with Crippen LogP contribution in [0.3, 0.4) is 0 Å². The van der Waals surface area contributed by atoms with E-state index in [1.807, 2.05) is 54.6 Å². The van der Waals surface area contributed by atoms with Crippen molar-refractivity contribution in [3.05, 3.63) is 90.0 Å². The van der Waals surface area contributed by atoms with Gasteiger partial charge in [0, 0.05) is 5.56 Å². The minimum atomic E-state index is 0.437. The number of para-hydroxylation sites is 1. The summed E-state index contributed by atoms with van der Waals surface area (Å²) in [5.74, 6) is 2.30. The summed E-state index contributed by atoms with van der Waals surface area (Å²) in [5.41, 5.74) is 1.65. The summed E-state index contributed by atoms with van der Waals surface area (Å²) >= 11 is 0. The highest BCUT2D eigenvalue weighted by atomic mass is 16.5. The zero-order valence-corrected chi connectivity index (χ0v) is 12.5. The molecule has 0 atom stereocenters. The van der Waals surface area contributed by atoms with E-state index < -0.39 is 0 Å². The van der Waals surface area contributed by atoms with Gasteiger partial charge in [-0.25, -0.2) is 0 Å². The van der Waals surface area contributed by atoms with Crippen molar-refractivity contribution >= 4 is 6.29 Å². The Labute approximate surface area is 135 Å². The van der Waals surface area contributed by atoms with Gasteiger partial charge >= 0.3 is 0 Å². The quantitative estimate of drug-likeness (QED) is 0.609. The van der Waals surface area contributed by atoms with Crippen LogP contribution < -0.4 is 9.47 Å². The largest absolute Gasteiger partial charge is 0.489 e. The number of carbonyl (C=O) groups is 1. The molecule has 0 amide bonds. The summed E-state index contributed by atoms with van der Waals surface area (Å²) in [6, 6.07) is 24.5. The lowest BCUT2D eigenvalue weighted by Gasteiger charge is -2.09. The van der Waals surface area contributed by atoms with Gasteiger partial charge in [0.1, 0.15) is 30.1 Å². The van der Waals surface area contributed by atoms with Crippen molar-refractivity contribution in [1.82, 2.24) is 0 Å². The van der Waals surface area contributed by atoms with Gasteiger partial charge in [0.15, 0.2) is 0 Å². The lowest BCUT2D eigenvalue weighted by atomic mass is 10.2. The number of rotatable bonds is 6. The van der Waals surface area contributed by atoms with Crippen molar-refractivity contribution in [3.63, 3.8) is 0 Å². The molecule has 114 valence electrons. The summed E-state index contributed by atoms with van der Waals surface area (Å²) in [6.45, 7) is 0.437. The zero-order chi connectivity index (χ0) is 15.9. The van der Waals surface area contributed by atoms with E-state index in [9.17, 15) is 4.79 Å². The Morgan fingerprint density at radius 2 is 1.48 bits per heavy atom. The van der Waals surface area contributed by atoms with Crippen LogP contribution >= 0.6 is 0 Å². The molecule has 3 aromatic carbocycles. The minimum Gasteiger partial charge on any atom is -0.489 e. The van der Waals surface area contributed by atoms with E-state index >= 15 is 0 Å². The van der Waals surface area contributed by atoms with E-state index in [0.29, 0.717) is 12.2 Å². The Kier molecular flexibility index (Phi) is 4.69. The number of hydrogen-bond donors (Lipinski definition) is 0. The number of ether oxygens (including phenoxy) is 2. The fourth-order valence-corrected chi connectivity index (χ4v) is 2.13. The van der Waals surface area contributed by atoms with Crippen molar-refractivity contribution < 1.29 is 14.3 Å². The second kappa shape index (κ2) is 7.27. The predicted molar refractivity (Wildman–Crippen MR) is 89.1 cm³/mol. The van der Waals surface area contributed by atoms with Crippen LogP contribution in [0.2, 0.25) is 0 Å². The summed E-state index contributed by atoms with van der Waals surface area (Å²) in [6.07, 6.45) is 0.814. The molecule has 0 unspecified atom stereocenters. The maximum atomic E-state index is 10.6. The van der Waals surface area contributed by atoms with E-state index in [0.717, 1.165) is 29.1 Å². The lowest BCUT2D eigenvalue weighted by molar-refractivity contribution is 0.112. The Morgan fingerprint density at radius 3 is 2.22 bits per heavy atom. The SMILES string of the molecule is O=Cc1ccc(OCc2cccc(Oc3ccccc3)c2)cc1. The molecule has 0 aliphatic rings. The monoisotopic (exact) mass is 304 g/mol. The normalized spacial score (nSPS) is 10.1. The number of aldehydes is 1. The first-order valence-corrected chi connectivity index (χ1v) is 7.33. The van der Waals surface area contributed by atoms with E-state index in [1.54, 1.807) is 24.3 Å². The van der Waals surface area contributed by atoms with Gasteiger partial charge in [-0.3, -0.25) is 4.79 Å². The second-order valence-electron chi connectivity index (χ2n) is 5.04. The Morgan fingerprint density at radius 1 is 0.739 bits per heavy atom. The number of hydrogen-bond acceptors (Lipinski definition) is 3. The van der Waals surface area contributed by atoms with Crippen LogP contribution in [0.5, 0.6) is 17.2 Å². The maximum Gasteiger partial charge on any atom is 0.150 e. The fraction of sp³-hybridized carbons (Fsp3) is 0.0500. The summed E-state index contributed by atoms with van der Waals surface area (Å²) < 4.78 is 11.5.